The Labute approximate surface area is 149 Å². The summed E-state index contributed by atoms with van der Waals surface area (Å²) in [6, 6.07) is 11.1. The number of benzene rings is 1. The Morgan fingerprint density at radius 3 is 2.92 bits per heavy atom. The number of nitrogens with zero attached hydrogens (tertiary/aromatic N) is 1. The van der Waals surface area contributed by atoms with Gasteiger partial charge in [0.1, 0.15) is 5.76 Å². The van der Waals surface area contributed by atoms with Gasteiger partial charge in [-0.3, -0.25) is 9.36 Å². The van der Waals surface area contributed by atoms with E-state index in [9.17, 15) is 9.59 Å². The van der Waals surface area contributed by atoms with E-state index in [2.05, 4.69) is 5.32 Å². The van der Waals surface area contributed by atoms with Gasteiger partial charge in [0.15, 0.2) is 5.58 Å². The lowest BCUT2D eigenvalue weighted by atomic mass is 10.2. The van der Waals surface area contributed by atoms with Crippen molar-refractivity contribution in [3.05, 3.63) is 59.0 Å². The van der Waals surface area contributed by atoms with E-state index in [1.807, 2.05) is 30.3 Å². The largest absolute Gasteiger partial charge is 0.468 e. The minimum Gasteiger partial charge on any atom is -0.468 e. The quantitative estimate of drug-likeness (QED) is 0.594. The molecule has 6 nitrogen and oxygen atoms in total. The number of hydrogen-bond donors (Lipinski definition) is 1. The fourth-order valence-electron chi connectivity index (χ4n) is 2.54. The first-order chi connectivity index (χ1) is 12.2. The van der Waals surface area contributed by atoms with Crippen LogP contribution in [-0.2, 0) is 17.1 Å². The number of amides is 1. The Hall–Kier alpha value is -2.41. The second-order valence-corrected chi connectivity index (χ2v) is 6.68. The van der Waals surface area contributed by atoms with Gasteiger partial charge >= 0.3 is 5.76 Å². The van der Waals surface area contributed by atoms with Crippen molar-refractivity contribution in [1.82, 2.24) is 9.88 Å². The van der Waals surface area contributed by atoms with E-state index in [0.717, 1.165) is 22.8 Å². The smallest absolute Gasteiger partial charge is 0.419 e. The van der Waals surface area contributed by atoms with Gasteiger partial charge in [0, 0.05) is 25.3 Å². The molecule has 2 heterocycles. The number of carbonyl (C=O) groups is 1. The Bertz CT molecular complexity index is 867. The molecule has 0 radical (unpaired) electrons. The molecule has 1 N–H and O–H groups in total. The number of para-hydroxylation sites is 2. The normalized spacial score (nSPS) is 11.0. The van der Waals surface area contributed by atoms with Crippen LogP contribution in [0.3, 0.4) is 0 Å². The molecule has 0 spiro atoms. The Morgan fingerprint density at radius 2 is 2.08 bits per heavy atom. The topological polar surface area (TPSA) is 77.4 Å². The molecule has 0 fully saturated rings. The molecule has 0 aliphatic heterocycles. The second kappa shape index (κ2) is 8.62. The van der Waals surface area contributed by atoms with Gasteiger partial charge in [0.25, 0.3) is 0 Å². The Balaban J connectivity index is 1.35. The van der Waals surface area contributed by atoms with Gasteiger partial charge in [-0.2, -0.15) is 11.8 Å². The van der Waals surface area contributed by atoms with E-state index in [-0.39, 0.29) is 11.7 Å². The number of nitrogens with one attached hydrogen (secondary N) is 1. The summed E-state index contributed by atoms with van der Waals surface area (Å²) in [5.41, 5.74) is 1.34. The molecular weight excluding hydrogens is 340 g/mol. The summed E-state index contributed by atoms with van der Waals surface area (Å²) in [6.07, 6.45) is 2.63. The van der Waals surface area contributed by atoms with Crippen molar-refractivity contribution in [1.29, 1.82) is 0 Å². The third-order valence-electron chi connectivity index (χ3n) is 3.75. The molecule has 1 amide bonds. The molecule has 1 aromatic carbocycles. The van der Waals surface area contributed by atoms with Crippen molar-refractivity contribution < 1.29 is 13.6 Å². The molecule has 0 bridgehead atoms. The van der Waals surface area contributed by atoms with Crippen LogP contribution in [0.5, 0.6) is 0 Å². The van der Waals surface area contributed by atoms with Crippen LogP contribution in [0.1, 0.15) is 18.6 Å². The lowest BCUT2D eigenvalue weighted by Crippen LogP contribution is -2.26. The maximum Gasteiger partial charge on any atom is 0.419 e. The van der Waals surface area contributed by atoms with Gasteiger partial charge in [0.05, 0.1) is 17.5 Å². The van der Waals surface area contributed by atoms with Crippen molar-refractivity contribution in [2.24, 2.45) is 0 Å². The lowest BCUT2D eigenvalue weighted by molar-refractivity contribution is -0.121. The molecule has 0 atom stereocenters. The summed E-state index contributed by atoms with van der Waals surface area (Å²) >= 11 is 1.71. The molecule has 132 valence electrons. The van der Waals surface area contributed by atoms with Crippen molar-refractivity contribution >= 4 is 28.8 Å². The summed E-state index contributed by atoms with van der Waals surface area (Å²) in [4.78, 5) is 23.7. The van der Waals surface area contributed by atoms with E-state index >= 15 is 0 Å². The van der Waals surface area contributed by atoms with Crippen molar-refractivity contribution in [2.45, 2.75) is 25.1 Å². The SMILES string of the molecule is O=C(CCCn1c(=O)oc2ccccc21)NCCSCc1ccco1. The third kappa shape index (κ3) is 4.79. The Morgan fingerprint density at radius 1 is 1.20 bits per heavy atom. The predicted octanol–water partition coefficient (Wildman–Crippen LogP) is 3.02. The van der Waals surface area contributed by atoms with E-state index in [1.54, 1.807) is 28.7 Å². The molecule has 0 aliphatic rings. The van der Waals surface area contributed by atoms with E-state index < -0.39 is 0 Å². The second-order valence-electron chi connectivity index (χ2n) is 5.57. The van der Waals surface area contributed by atoms with Crippen LogP contribution in [-0.4, -0.2) is 22.8 Å². The van der Waals surface area contributed by atoms with Crippen molar-refractivity contribution in [3.63, 3.8) is 0 Å². The molecule has 0 unspecified atom stereocenters. The van der Waals surface area contributed by atoms with Crippen LogP contribution in [0.2, 0.25) is 0 Å². The molecule has 0 saturated carbocycles. The third-order valence-corrected chi connectivity index (χ3v) is 4.73. The zero-order chi connectivity index (χ0) is 17.5. The number of carbonyl (C=O) groups excluding carboxylic acids is 1. The highest BCUT2D eigenvalue weighted by Gasteiger charge is 2.09. The summed E-state index contributed by atoms with van der Waals surface area (Å²) in [6.45, 7) is 1.09. The lowest BCUT2D eigenvalue weighted by Gasteiger charge is -2.05. The average Bonchev–Trinajstić information content (AvgIpc) is 3.23. The fraction of sp³-hybridized carbons (Fsp3) is 0.333. The molecule has 2 aromatic heterocycles. The molecule has 0 saturated heterocycles. The van der Waals surface area contributed by atoms with Gasteiger partial charge in [-0.25, -0.2) is 4.79 Å². The Kier molecular flexibility index (Phi) is 6.00. The molecule has 25 heavy (non-hydrogen) atoms. The highest BCUT2D eigenvalue weighted by molar-refractivity contribution is 7.98. The van der Waals surface area contributed by atoms with Gasteiger partial charge in [-0.1, -0.05) is 12.1 Å². The van der Waals surface area contributed by atoms with Gasteiger partial charge in [-0.05, 0) is 30.7 Å². The molecule has 7 heteroatoms. The van der Waals surface area contributed by atoms with Crippen LogP contribution in [0, 0.1) is 0 Å². The number of thioether (sulfide) groups is 1. The fourth-order valence-corrected chi connectivity index (χ4v) is 3.30. The monoisotopic (exact) mass is 360 g/mol. The minimum absolute atomic E-state index is 0.000511. The molecule has 0 aliphatic carbocycles. The van der Waals surface area contributed by atoms with Crippen LogP contribution < -0.4 is 11.1 Å². The maximum absolute atomic E-state index is 11.9. The number of aromatic nitrogens is 1. The van der Waals surface area contributed by atoms with Crippen LogP contribution >= 0.6 is 11.8 Å². The highest BCUT2D eigenvalue weighted by Crippen LogP contribution is 2.13. The average molecular weight is 360 g/mol. The summed E-state index contributed by atoms with van der Waals surface area (Å²) in [7, 11) is 0. The first-order valence-corrected chi connectivity index (χ1v) is 9.35. The van der Waals surface area contributed by atoms with E-state index in [4.69, 9.17) is 8.83 Å². The molecule has 3 rings (SSSR count). The summed E-state index contributed by atoms with van der Waals surface area (Å²) < 4.78 is 12.0. The highest BCUT2D eigenvalue weighted by atomic mass is 32.2. The standard InChI is InChI=1S/C18H20N2O4S/c21-17(19-9-12-25-13-14-5-4-11-23-14)8-3-10-20-15-6-1-2-7-16(15)24-18(20)22/h1-2,4-7,11H,3,8-10,12-13H2,(H,19,21). The van der Waals surface area contributed by atoms with Gasteiger partial charge in [0.2, 0.25) is 5.91 Å². The van der Waals surface area contributed by atoms with Crippen molar-refractivity contribution in [2.75, 3.05) is 12.3 Å². The van der Waals surface area contributed by atoms with Gasteiger partial charge in [-0.15, -0.1) is 0 Å². The first kappa shape index (κ1) is 17.4. The van der Waals surface area contributed by atoms with Crippen molar-refractivity contribution in [3.8, 4) is 0 Å². The van der Waals surface area contributed by atoms with Crippen LogP contribution in [0.15, 0.2) is 56.3 Å². The summed E-state index contributed by atoms with van der Waals surface area (Å²) in [5, 5.41) is 2.89. The minimum atomic E-state index is -0.379. The zero-order valence-electron chi connectivity index (χ0n) is 13.8. The number of rotatable bonds is 9. The summed E-state index contributed by atoms with van der Waals surface area (Å²) in [5.74, 6) is 2.20. The van der Waals surface area contributed by atoms with Crippen LogP contribution in [0.4, 0.5) is 0 Å². The van der Waals surface area contributed by atoms with Gasteiger partial charge < -0.3 is 14.2 Å². The molecular formula is C18H20N2O4S. The number of aryl methyl sites for hydroxylation is 1. The van der Waals surface area contributed by atoms with E-state index in [1.165, 1.54) is 0 Å². The number of fused-ring (bicyclic) bond motifs is 1. The number of hydrogen-bond acceptors (Lipinski definition) is 5. The zero-order valence-corrected chi connectivity index (χ0v) is 14.6. The number of oxazole rings is 1. The maximum atomic E-state index is 11.9. The predicted molar refractivity (Wildman–Crippen MR) is 97.6 cm³/mol. The number of furan rings is 1. The molecule has 3 aromatic rings. The first-order valence-electron chi connectivity index (χ1n) is 8.19. The van der Waals surface area contributed by atoms with Crippen LogP contribution in [0.25, 0.3) is 11.1 Å². The van der Waals surface area contributed by atoms with E-state index in [0.29, 0.717) is 31.5 Å².